The van der Waals surface area contributed by atoms with Crippen LogP contribution in [0.1, 0.15) is 12.7 Å². The van der Waals surface area contributed by atoms with E-state index in [-0.39, 0.29) is 6.03 Å². The van der Waals surface area contributed by atoms with Crippen molar-refractivity contribution in [3.63, 3.8) is 0 Å². The Balaban J connectivity index is 2.24. The minimum absolute atomic E-state index is 0.0616. The van der Waals surface area contributed by atoms with Gasteiger partial charge in [-0.15, -0.1) is 0 Å². The first-order valence-electron chi connectivity index (χ1n) is 4.97. The van der Waals surface area contributed by atoms with Gasteiger partial charge in [0.25, 0.3) is 0 Å². The van der Waals surface area contributed by atoms with E-state index in [1.54, 1.807) is 23.0 Å². The summed E-state index contributed by atoms with van der Waals surface area (Å²) >= 11 is 0. The van der Waals surface area contributed by atoms with Gasteiger partial charge in [-0.25, -0.2) is 9.78 Å². The number of aryl methyl sites for hydroxylation is 1. The molecule has 0 atom stereocenters. The average molecular weight is 211 g/mol. The number of urea groups is 1. The fraction of sp³-hybridized carbons (Fsp3) is 0.667. The summed E-state index contributed by atoms with van der Waals surface area (Å²) in [5.74, 6) is 0.747. The number of carbonyl (C=O) groups excluding carboxylic acids is 1. The van der Waals surface area contributed by atoms with Crippen molar-refractivity contribution in [3.8, 4) is 0 Å². The van der Waals surface area contributed by atoms with Crippen LogP contribution in [0.15, 0.2) is 6.33 Å². The van der Waals surface area contributed by atoms with E-state index in [9.17, 15) is 4.79 Å². The van der Waals surface area contributed by atoms with Crippen molar-refractivity contribution in [3.05, 3.63) is 12.2 Å². The quantitative estimate of drug-likeness (QED) is 0.763. The Hall–Kier alpha value is -1.59. The molecular formula is C9H17N5O. The van der Waals surface area contributed by atoms with Gasteiger partial charge in [0.05, 0.1) is 0 Å². The number of carbonyl (C=O) groups is 1. The molecule has 0 fully saturated rings. The lowest BCUT2D eigenvalue weighted by Gasteiger charge is -2.14. The maximum atomic E-state index is 11.3. The van der Waals surface area contributed by atoms with Crippen molar-refractivity contribution in [1.29, 1.82) is 0 Å². The number of aromatic nitrogens is 3. The first-order chi connectivity index (χ1) is 7.13. The van der Waals surface area contributed by atoms with Crippen LogP contribution in [0.2, 0.25) is 0 Å². The van der Waals surface area contributed by atoms with E-state index in [0.29, 0.717) is 19.5 Å². The molecular weight excluding hydrogens is 194 g/mol. The fourth-order valence-electron chi connectivity index (χ4n) is 1.06. The molecule has 0 aliphatic rings. The predicted molar refractivity (Wildman–Crippen MR) is 56.4 cm³/mol. The molecule has 1 N–H and O–H groups in total. The van der Waals surface area contributed by atoms with Crippen LogP contribution in [0.4, 0.5) is 4.79 Å². The van der Waals surface area contributed by atoms with E-state index in [1.165, 1.54) is 0 Å². The second kappa shape index (κ2) is 5.33. The van der Waals surface area contributed by atoms with E-state index >= 15 is 0 Å². The Kier molecular flexibility index (Phi) is 4.08. The van der Waals surface area contributed by atoms with E-state index in [0.717, 1.165) is 5.82 Å². The number of rotatable bonds is 4. The van der Waals surface area contributed by atoms with Crippen LogP contribution in [0.25, 0.3) is 0 Å². The Bertz CT molecular complexity index is 322. The van der Waals surface area contributed by atoms with Crippen LogP contribution < -0.4 is 5.32 Å². The molecule has 0 saturated carbocycles. The number of nitrogens with zero attached hydrogens (tertiary/aromatic N) is 4. The van der Waals surface area contributed by atoms with Crippen molar-refractivity contribution >= 4 is 6.03 Å². The van der Waals surface area contributed by atoms with Crippen LogP contribution in [0.3, 0.4) is 0 Å². The smallest absolute Gasteiger partial charge is 0.317 e. The zero-order chi connectivity index (χ0) is 11.3. The molecule has 0 saturated heterocycles. The van der Waals surface area contributed by atoms with E-state index in [2.05, 4.69) is 15.4 Å². The third-order valence-corrected chi connectivity index (χ3v) is 2.09. The number of hydrogen-bond acceptors (Lipinski definition) is 3. The second-order valence-corrected chi connectivity index (χ2v) is 3.33. The molecule has 0 aromatic carbocycles. The molecule has 0 bridgehead atoms. The van der Waals surface area contributed by atoms with Crippen molar-refractivity contribution in [1.82, 2.24) is 25.0 Å². The molecule has 0 spiro atoms. The molecule has 0 radical (unpaired) electrons. The van der Waals surface area contributed by atoms with Crippen molar-refractivity contribution in [2.24, 2.45) is 7.05 Å². The van der Waals surface area contributed by atoms with Crippen LogP contribution >= 0.6 is 0 Å². The summed E-state index contributed by atoms with van der Waals surface area (Å²) in [7, 11) is 3.58. The molecule has 0 aliphatic heterocycles. The molecule has 1 aromatic heterocycles. The molecule has 6 heteroatoms. The molecule has 84 valence electrons. The van der Waals surface area contributed by atoms with Crippen molar-refractivity contribution < 1.29 is 4.79 Å². The van der Waals surface area contributed by atoms with Crippen molar-refractivity contribution in [2.75, 3.05) is 20.1 Å². The summed E-state index contributed by atoms with van der Waals surface area (Å²) in [6.07, 6.45) is 2.31. The zero-order valence-corrected chi connectivity index (χ0v) is 9.40. The Morgan fingerprint density at radius 1 is 1.67 bits per heavy atom. The van der Waals surface area contributed by atoms with Crippen molar-refractivity contribution in [2.45, 2.75) is 13.3 Å². The first kappa shape index (κ1) is 11.5. The van der Waals surface area contributed by atoms with Gasteiger partial charge in [-0.05, 0) is 6.92 Å². The van der Waals surface area contributed by atoms with E-state index in [4.69, 9.17) is 0 Å². The monoisotopic (exact) mass is 211 g/mol. The molecule has 2 amide bonds. The minimum atomic E-state index is -0.0616. The second-order valence-electron chi connectivity index (χ2n) is 3.33. The highest BCUT2D eigenvalue weighted by Gasteiger charge is 2.05. The highest BCUT2D eigenvalue weighted by atomic mass is 16.2. The van der Waals surface area contributed by atoms with Crippen LogP contribution in [-0.4, -0.2) is 45.8 Å². The maximum Gasteiger partial charge on any atom is 0.317 e. The van der Waals surface area contributed by atoms with Gasteiger partial charge in [-0.2, -0.15) is 5.10 Å². The number of hydrogen-bond donors (Lipinski definition) is 1. The normalized spacial score (nSPS) is 10.1. The SMILES string of the molecule is CCN(C)C(=O)NCCc1ncn(C)n1. The molecule has 15 heavy (non-hydrogen) atoms. The lowest BCUT2D eigenvalue weighted by atomic mass is 10.4. The molecule has 1 rings (SSSR count). The number of nitrogens with one attached hydrogen (secondary N) is 1. The summed E-state index contributed by atoms with van der Waals surface area (Å²) in [6.45, 7) is 3.20. The van der Waals surface area contributed by atoms with Gasteiger partial charge in [0.2, 0.25) is 0 Å². The van der Waals surface area contributed by atoms with Crippen LogP contribution in [-0.2, 0) is 13.5 Å². The van der Waals surface area contributed by atoms with Gasteiger partial charge < -0.3 is 10.2 Å². The standard InChI is InChI=1S/C9H17N5O/c1-4-13(2)9(15)10-6-5-8-11-7-14(3)12-8/h7H,4-6H2,1-3H3,(H,10,15). The Morgan fingerprint density at radius 3 is 2.93 bits per heavy atom. The first-order valence-corrected chi connectivity index (χ1v) is 4.97. The summed E-state index contributed by atoms with van der Waals surface area (Å²) in [6, 6.07) is -0.0616. The zero-order valence-electron chi connectivity index (χ0n) is 9.40. The summed E-state index contributed by atoms with van der Waals surface area (Å²) in [5, 5.41) is 6.90. The molecule has 0 unspecified atom stereocenters. The fourth-order valence-corrected chi connectivity index (χ4v) is 1.06. The van der Waals surface area contributed by atoms with Gasteiger partial charge in [0.15, 0.2) is 5.82 Å². The predicted octanol–water partition coefficient (Wildman–Crippen LogP) is 0.0189. The highest BCUT2D eigenvalue weighted by molar-refractivity contribution is 5.73. The van der Waals surface area contributed by atoms with Gasteiger partial charge >= 0.3 is 6.03 Å². The highest BCUT2D eigenvalue weighted by Crippen LogP contribution is 1.89. The summed E-state index contributed by atoms with van der Waals surface area (Å²) < 4.78 is 1.65. The summed E-state index contributed by atoms with van der Waals surface area (Å²) in [4.78, 5) is 17.0. The topological polar surface area (TPSA) is 63.1 Å². The van der Waals surface area contributed by atoms with Gasteiger partial charge in [-0.1, -0.05) is 0 Å². The van der Waals surface area contributed by atoms with E-state index < -0.39 is 0 Å². The Morgan fingerprint density at radius 2 is 2.40 bits per heavy atom. The van der Waals surface area contributed by atoms with E-state index in [1.807, 2.05) is 14.0 Å². The summed E-state index contributed by atoms with van der Waals surface area (Å²) in [5.41, 5.74) is 0. The van der Waals surface area contributed by atoms with Gasteiger partial charge in [-0.3, -0.25) is 4.68 Å². The molecule has 1 heterocycles. The maximum absolute atomic E-state index is 11.3. The Labute approximate surface area is 89.3 Å². The molecule has 1 aromatic rings. The lowest BCUT2D eigenvalue weighted by Crippen LogP contribution is -2.38. The molecule has 0 aliphatic carbocycles. The molecule has 6 nitrogen and oxygen atoms in total. The number of amides is 2. The average Bonchev–Trinajstić information content (AvgIpc) is 2.63. The minimum Gasteiger partial charge on any atom is -0.338 e. The third kappa shape index (κ3) is 3.57. The van der Waals surface area contributed by atoms with Gasteiger partial charge in [0.1, 0.15) is 6.33 Å². The van der Waals surface area contributed by atoms with Crippen LogP contribution in [0, 0.1) is 0 Å². The van der Waals surface area contributed by atoms with Crippen LogP contribution in [0.5, 0.6) is 0 Å². The largest absolute Gasteiger partial charge is 0.338 e. The third-order valence-electron chi connectivity index (χ3n) is 2.09. The lowest BCUT2D eigenvalue weighted by molar-refractivity contribution is 0.211. The van der Waals surface area contributed by atoms with Gasteiger partial charge in [0, 0.05) is 33.6 Å².